The second kappa shape index (κ2) is 6.27. The lowest BCUT2D eigenvalue weighted by atomic mass is 10.2. The first kappa shape index (κ1) is 14.9. The fraction of sp³-hybridized carbons (Fsp3) is 0.455. The van der Waals surface area contributed by atoms with E-state index in [9.17, 15) is 14.9 Å². The number of pyridine rings is 1. The number of halogens is 1. The maximum atomic E-state index is 10.9. The third kappa shape index (κ3) is 3.31. The van der Waals surface area contributed by atoms with Gasteiger partial charge >= 0.3 is 5.97 Å². The van der Waals surface area contributed by atoms with Crippen LogP contribution in [0.15, 0.2) is 12.3 Å². The van der Waals surface area contributed by atoms with Gasteiger partial charge in [0.05, 0.1) is 16.4 Å². The number of carboxylic acid groups (broad SMARTS) is 1. The van der Waals surface area contributed by atoms with Crippen LogP contribution in [0.5, 0.6) is 0 Å². The molecular formula is C11H12ClN3O4S. The van der Waals surface area contributed by atoms with Crippen LogP contribution in [0.4, 0.5) is 11.5 Å². The maximum absolute atomic E-state index is 10.9. The number of thioether (sulfide) groups is 1. The molecule has 0 aromatic carbocycles. The highest BCUT2D eigenvalue weighted by Gasteiger charge is 2.28. The number of anilines is 1. The molecule has 0 radical (unpaired) electrons. The zero-order valence-corrected chi connectivity index (χ0v) is 11.9. The Kier molecular flexibility index (Phi) is 4.66. The summed E-state index contributed by atoms with van der Waals surface area (Å²) in [7, 11) is 0. The summed E-state index contributed by atoms with van der Waals surface area (Å²) in [6, 6.07) is 1.03. The highest BCUT2D eigenvalue weighted by molar-refractivity contribution is 7.99. The van der Waals surface area contributed by atoms with E-state index in [1.807, 2.05) is 4.90 Å². The average Bonchev–Trinajstić information content (AvgIpc) is 2.39. The van der Waals surface area contributed by atoms with E-state index in [0.717, 1.165) is 11.9 Å². The van der Waals surface area contributed by atoms with Crippen LogP contribution in [0, 0.1) is 10.1 Å². The molecule has 20 heavy (non-hydrogen) atoms. The van der Waals surface area contributed by atoms with Gasteiger partial charge in [0.1, 0.15) is 12.0 Å². The molecule has 1 aliphatic heterocycles. The van der Waals surface area contributed by atoms with E-state index in [2.05, 4.69) is 4.98 Å². The van der Waals surface area contributed by atoms with Crippen molar-refractivity contribution in [1.82, 2.24) is 4.98 Å². The van der Waals surface area contributed by atoms with E-state index >= 15 is 0 Å². The maximum Gasteiger partial charge on any atom is 0.305 e. The first-order chi connectivity index (χ1) is 9.49. The predicted octanol–water partition coefficient (Wildman–Crippen LogP) is 2.04. The summed E-state index contributed by atoms with van der Waals surface area (Å²) in [5.74, 6) is 1.02. The summed E-state index contributed by atoms with van der Waals surface area (Å²) in [4.78, 5) is 26.8. The van der Waals surface area contributed by atoms with Gasteiger partial charge in [-0.3, -0.25) is 14.9 Å². The number of rotatable bonds is 4. The van der Waals surface area contributed by atoms with Gasteiger partial charge in [-0.15, -0.1) is 0 Å². The number of carboxylic acids is 1. The minimum atomic E-state index is -0.888. The number of carbonyl (C=O) groups is 1. The molecule has 0 amide bonds. The van der Waals surface area contributed by atoms with Gasteiger partial charge in [0.15, 0.2) is 0 Å². The zero-order valence-electron chi connectivity index (χ0n) is 10.4. The minimum Gasteiger partial charge on any atom is -0.481 e. The van der Waals surface area contributed by atoms with E-state index in [4.69, 9.17) is 16.7 Å². The van der Waals surface area contributed by atoms with Crippen molar-refractivity contribution in [3.8, 4) is 0 Å². The molecule has 9 heteroatoms. The SMILES string of the molecule is O=C(O)CC1CSCCN1c1ncc([N+](=O)[O-])cc1Cl. The van der Waals surface area contributed by atoms with Crippen LogP contribution in [-0.2, 0) is 4.79 Å². The number of nitrogens with zero attached hydrogens (tertiary/aromatic N) is 3. The first-order valence-corrected chi connectivity index (χ1v) is 7.38. The molecule has 0 bridgehead atoms. The normalized spacial score (nSPS) is 18.9. The largest absolute Gasteiger partial charge is 0.481 e. The summed E-state index contributed by atoms with van der Waals surface area (Å²) < 4.78 is 0. The van der Waals surface area contributed by atoms with Gasteiger partial charge in [-0.1, -0.05) is 11.6 Å². The molecule has 108 valence electrons. The Labute approximate surface area is 124 Å². The lowest BCUT2D eigenvalue weighted by Gasteiger charge is -2.35. The lowest BCUT2D eigenvalue weighted by Crippen LogP contribution is -2.44. The Morgan fingerprint density at radius 2 is 2.45 bits per heavy atom. The monoisotopic (exact) mass is 317 g/mol. The second-order valence-electron chi connectivity index (χ2n) is 4.28. The van der Waals surface area contributed by atoms with E-state index in [0.29, 0.717) is 18.1 Å². The highest BCUT2D eigenvalue weighted by atomic mass is 35.5. The number of aromatic nitrogens is 1. The highest BCUT2D eigenvalue weighted by Crippen LogP contribution is 2.31. The third-order valence-electron chi connectivity index (χ3n) is 2.93. The average molecular weight is 318 g/mol. The third-order valence-corrected chi connectivity index (χ3v) is 4.30. The van der Waals surface area contributed by atoms with Crippen molar-refractivity contribution >= 4 is 40.8 Å². The summed E-state index contributed by atoms with van der Waals surface area (Å²) in [6.45, 7) is 0.618. The van der Waals surface area contributed by atoms with Crippen molar-refractivity contribution in [1.29, 1.82) is 0 Å². The van der Waals surface area contributed by atoms with Crippen LogP contribution in [0.25, 0.3) is 0 Å². The molecule has 1 aromatic heterocycles. The topological polar surface area (TPSA) is 96.6 Å². The molecule has 0 aliphatic carbocycles. The molecule has 1 fully saturated rings. The fourth-order valence-corrected chi connectivity index (χ4v) is 3.37. The van der Waals surface area contributed by atoms with Crippen LogP contribution in [0.1, 0.15) is 6.42 Å². The van der Waals surface area contributed by atoms with Crippen molar-refractivity contribution < 1.29 is 14.8 Å². The number of hydrogen-bond acceptors (Lipinski definition) is 6. The van der Waals surface area contributed by atoms with Gasteiger partial charge in [0, 0.05) is 30.2 Å². The molecule has 1 atom stereocenters. The van der Waals surface area contributed by atoms with Crippen molar-refractivity contribution in [2.24, 2.45) is 0 Å². The molecule has 0 saturated carbocycles. The van der Waals surface area contributed by atoms with Crippen LogP contribution in [0.2, 0.25) is 5.02 Å². The van der Waals surface area contributed by atoms with E-state index in [1.54, 1.807) is 11.8 Å². The predicted molar refractivity (Wildman–Crippen MR) is 76.6 cm³/mol. The standard InChI is InChI=1S/C11H12ClN3O4S/c12-9-3-7(15(18)19)5-13-11(9)14-1-2-20-6-8(14)4-10(16)17/h3,5,8H,1-2,4,6H2,(H,16,17). The lowest BCUT2D eigenvalue weighted by molar-refractivity contribution is -0.385. The molecule has 1 unspecified atom stereocenters. The fourth-order valence-electron chi connectivity index (χ4n) is 2.04. The number of nitro groups is 1. The van der Waals surface area contributed by atoms with Gasteiger partial charge < -0.3 is 10.0 Å². The summed E-state index contributed by atoms with van der Waals surface area (Å²) in [5.41, 5.74) is -0.181. The van der Waals surface area contributed by atoms with Gasteiger partial charge in [0.25, 0.3) is 5.69 Å². The van der Waals surface area contributed by atoms with Gasteiger partial charge in [-0.25, -0.2) is 4.98 Å². The van der Waals surface area contributed by atoms with Crippen molar-refractivity contribution in [3.05, 3.63) is 27.4 Å². The minimum absolute atomic E-state index is 0.0119. The Bertz CT molecular complexity index is 542. The molecular weight excluding hydrogens is 306 g/mol. The Balaban J connectivity index is 2.27. The van der Waals surface area contributed by atoms with Crippen LogP contribution >= 0.6 is 23.4 Å². The molecule has 0 spiro atoms. The Morgan fingerprint density at radius 3 is 3.05 bits per heavy atom. The molecule has 2 rings (SSSR count). The summed E-state index contributed by atoms with van der Waals surface area (Å²) >= 11 is 7.72. The van der Waals surface area contributed by atoms with Crippen LogP contribution in [0.3, 0.4) is 0 Å². The number of hydrogen-bond donors (Lipinski definition) is 1. The Morgan fingerprint density at radius 1 is 1.70 bits per heavy atom. The second-order valence-corrected chi connectivity index (χ2v) is 5.83. The molecule has 1 saturated heterocycles. The van der Waals surface area contributed by atoms with Crippen LogP contribution in [-0.4, -0.2) is 45.1 Å². The first-order valence-electron chi connectivity index (χ1n) is 5.85. The van der Waals surface area contributed by atoms with Crippen molar-refractivity contribution in [2.45, 2.75) is 12.5 Å². The van der Waals surface area contributed by atoms with Gasteiger partial charge in [-0.05, 0) is 0 Å². The molecule has 1 aromatic rings. The summed E-state index contributed by atoms with van der Waals surface area (Å²) in [6.07, 6.45) is 1.13. The molecule has 1 N–H and O–H groups in total. The number of aliphatic carboxylic acids is 1. The van der Waals surface area contributed by atoms with E-state index in [1.165, 1.54) is 6.07 Å². The van der Waals surface area contributed by atoms with Crippen molar-refractivity contribution in [2.75, 3.05) is 23.0 Å². The smallest absolute Gasteiger partial charge is 0.305 e. The molecule has 1 aliphatic rings. The van der Waals surface area contributed by atoms with Crippen molar-refractivity contribution in [3.63, 3.8) is 0 Å². The Hall–Kier alpha value is -1.54. The van der Waals surface area contributed by atoms with Gasteiger partial charge in [-0.2, -0.15) is 11.8 Å². The molecule has 2 heterocycles. The van der Waals surface area contributed by atoms with E-state index < -0.39 is 10.9 Å². The van der Waals surface area contributed by atoms with Gasteiger partial charge in [0.2, 0.25) is 0 Å². The summed E-state index contributed by atoms with van der Waals surface area (Å²) in [5, 5.41) is 19.8. The molecule has 7 nitrogen and oxygen atoms in total. The quantitative estimate of drug-likeness (QED) is 0.670. The zero-order chi connectivity index (χ0) is 14.7. The van der Waals surface area contributed by atoms with E-state index in [-0.39, 0.29) is 23.2 Å². The van der Waals surface area contributed by atoms with Crippen LogP contribution < -0.4 is 4.90 Å².